The minimum absolute atomic E-state index is 0.00785. The molecule has 5 nitrogen and oxygen atoms in total. The molecule has 2 atom stereocenters. The van der Waals surface area contributed by atoms with Crippen LogP contribution in [0.5, 0.6) is 5.75 Å². The maximum absolute atomic E-state index is 12.0. The van der Waals surface area contributed by atoms with Crippen molar-refractivity contribution in [2.24, 2.45) is 0 Å². The van der Waals surface area contributed by atoms with Crippen LogP contribution in [0.15, 0.2) is 36.4 Å². The van der Waals surface area contributed by atoms with E-state index in [0.29, 0.717) is 5.69 Å². The highest BCUT2D eigenvalue weighted by Crippen LogP contribution is 2.30. The standard InChI is InChI=1S/C19H25N3O2/c1-13(18-11-14-7-5-6-8-17(14)24-18)22(4)12-15-9-10-16(20-15)19(23)21(2)3/h5-10,13,18,20H,11-12H2,1-4H3/t13-,18-/m1/s1. The van der Waals surface area contributed by atoms with Crippen LogP contribution in [0.2, 0.25) is 0 Å². The van der Waals surface area contributed by atoms with E-state index in [0.717, 1.165) is 24.4 Å². The first-order valence-electron chi connectivity index (χ1n) is 8.30. The van der Waals surface area contributed by atoms with E-state index in [-0.39, 0.29) is 18.1 Å². The highest BCUT2D eigenvalue weighted by Gasteiger charge is 2.29. The van der Waals surface area contributed by atoms with Gasteiger partial charge in [-0.3, -0.25) is 9.69 Å². The number of hydrogen-bond acceptors (Lipinski definition) is 3. The van der Waals surface area contributed by atoms with Gasteiger partial charge in [0.25, 0.3) is 5.91 Å². The molecule has 0 saturated carbocycles. The van der Waals surface area contributed by atoms with Crippen LogP contribution in [0.25, 0.3) is 0 Å². The molecule has 0 radical (unpaired) electrons. The van der Waals surface area contributed by atoms with Gasteiger partial charge in [0, 0.05) is 38.8 Å². The predicted octanol–water partition coefficient (Wildman–Crippen LogP) is 2.54. The molecule has 0 aliphatic carbocycles. The molecule has 0 unspecified atom stereocenters. The fourth-order valence-electron chi connectivity index (χ4n) is 3.07. The molecule has 1 amide bonds. The number of carbonyl (C=O) groups excluding carboxylic acids is 1. The Morgan fingerprint density at radius 1 is 1.25 bits per heavy atom. The molecule has 1 aliphatic rings. The Morgan fingerprint density at radius 3 is 2.71 bits per heavy atom. The minimum Gasteiger partial charge on any atom is -0.488 e. The number of nitrogens with one attached hydrogen (secondary N) is 1. The second-order valence-corrected chi connectivity index (χ2v) is 6.72. The maximum Gasteiger partial charge on any atom is 0.269 e. The highest BCUT2D eigenvalue weighted by molar-refractivity contribution is 5.92. The Labute approximate surface area is 143 Å². The third-order valence-corrected chi connectivity index (χ3v) is 4.71. The number of para-hydroxylation sites is 1. The fourth-order valence-corrected chi connectivity index (χ4v) is 3.07. The first-order chi connectivity index (χ1) is 11.5. The molecule has 0 fully saturated rings. The molecule has 1 N–H and O–H groups in total. The zero-order valence-electron chi connectivity index (χ0n) is 14.7. The molecule has 0 spiro atoms. The molecule has 5 heteroatoms. The van der Waals surface area contributed by atoms with E-state index in [1.165, 1.54) is 5.56 Å². The number of hydrogen-bond donors (Lipinski definition) is 1. The second kappa shape index (κ2) is 6.69. The van der Waals surface area contributed by atoms with Crippen LogP contribution in [0, 0.1) is 0 Å². The van der Waals surface area contributed by atoms with Crippen molar-refractivity contribution < 1.29 is 9.53 Å². The van der Waals surface area contributed by atoms with Gasteiger partial charge in [0.15, 0.2) is 0 Å². The summed E-state index contributed by atoms with van der Waals surface area (Å²) < 4.78 is 6.09. The van der Waals surface area contributed by atoms with Crippen LogP contribution in [0.1, 0.15) is 28.7 Å². The lowest BCUT2D eigenvalue weighted by atomic mass is 10.0. The number of amides is 1. The van der Waals surface area contributed by atoms with Gasteiger partial charge >= 0.3 is 0 Å². The van der Waals surface area contributed by atoms with Gasteiger partial charge in [0.2, 0.25) is 0 Å². The van der Waals surface area contributed by atoms with E-state index in [9.17, 15) is 4.79 Å². The summed E-state index contributed by atoms with van der Waals surface area (Å²) >= 11 is 0. The lowest BCUT2D eigenvalue weighted by Gasteiger charge is -2.28. The molecule has 3 rings (SSSR count). The summed E-state index contributed by atoms with van der Waals surface area (Å²) in [5.41, 5.74) is 2.94. The third-order valence-electron chi connectivity index (χ3n) is 4.71. The Kier molecular flexibility index (Phi) is 4.62. The number of aromatic nitrogens is 1. The van der Waals surface area contributed by atoms with Crippen LogP contribution in [-0.2, 0) is 13.0 Å². The van der Waals surface area contributed by atoms with Gasteiger partial charge in [-0.1, -0.05) is 18.2 Å². The molecule has 24 heavy (non-hydrogen) atoms. The number of aromatic amines is 1. The Bertz CT molecular complexity index is 698. The van der Waals surface area contributed by atoms with Crippen LogP contribution >= 0.6 is 0 Å². The van der Waals surface area contributed by atoms with E-state index in [2.05, 4.69) is 36.0 Å². The summed E-state index contributed by atoms with van der Waals surface area (Å²) in [5, 5.41) is 0. The topological polar surface area (TPSA) is 48.6 Å². The molecule has 2 aromatic rings. The Hall–Kier alpha value is -2.27. The monoisotopic (exact) mass is 327 g/mol. The number of likely N-dealkylation sites (N-methyl/N-ethyl adjacent to an activating group) is 1. The maximum atomic E-state index is 12.0. The smallest absolute Gasteiger partial charge is 0.269 e. The molecule has 0 saturated heterocycles. The van der Waals surface area contributed by atoms with E-state index in [1.54, 1.807) is 19.0 Å². The van der Waals surface area contributed by atoms with Crippen molar-refractivity contribution in [3.8, 4) is 5.75 Å². The number of ether oxygens (including phenoxy) is 1. The average molecular weight is 327 g/mol. The largest absolute Gasteiger partial charge is 0.488 e. The van der Waals surface area contributed by atoms with Gasteiger partial charge in [0.1, 0.15) is 17.5 Å². The van der Waals surface area contributed by atoms with E-state index in [4.69, 9.17) is 4.74 Å². The van der Waals surface area contributed by atoms with Crippen molar-refractivity contribution in [3.05, 3.63) is 53.3 Å². The number of benzene rings is 1. The Morgan fingerprint density at radius 2 is 2.00 bits per heavy atom. The van der Waals surface area contributed by atoms with Gasteiger partial charge in [0.05, 0.1) is 0 Å². The van der Waals surface area contributed by atoms with E-state index < -0.39 is 0 Å². The second-order valence-electron chi connectivity index (χ2n) is 6.72. The van der Waals surface area contributed by atoms with Crippen molar-refractivity contribution in [2.45, 2.75) is 32.0 Å². The van der Waals surface area contributed by atoms with Crippen LogP contribution in [0.4, 0.5) is 0 Å². The molecule has 0 bridgehead atoms. The average Bonchev–Trinajstić information content (AvgIpc) is 3.19. The number of carbonyl (C=O) groups is 1. The molecular weight excluding hydrogens is 302 g/mol. The van der Waals surface area contributed by atoms with Crippen LogP contribution in [0.3, 0.4) is 0 Å². The summed E-state index contributed by atoms with van der Waals surface area (Å²) in [6, 6.07) is 12.3. The molecule has 1 aromatic heterocycles. The van der Waals surface area contributed by atoms with E-state index >= 15 is 0 Å². The van der Waals surface area contributed by atoms with Crippen molar-refractivity contribution in [1.82, 2.24) is 14.8 Å². The SMILES string of the molecule is C[C@H]([C@H]1Cc2ccccc2O1)N(C)Cc1ccc(C(=O)N(C)C)[nH]1. The first kappa shape index (κ1) is 16.6. The van der Waals surface area contributed by atoms with Gasteiger partial charge in [-0.15, -0.1) is 0 Å². The zero-order valence-corrected chi connectivity index (χ0v) is 14.7. The number of fused-ring (bicyclic) bond motifs is 1. The lowest BCUT2D eigenvalue weighted by Crippen LogP contribution is -2.41. The van der Waals surface area contributed by atoms with Crippen molar-refractivity contribution in [1.29, 1.82) is 0 Å². The summed E-state index contributed by atoms with van der Waals surface area (Å²) in [6.45, 7) is 2.93. The van der Waals surface area contributed by atoms with E-state index in [1.807, 2.05) is 24.3 Å². The molecule has 1 aromatic carbocycles. The minimum atomic E-state index is -0.00785. The summed E-state index contributed by atoms with van der Waals surface area (Å²) in [5.74, 6) is 0.994. The molecule has 128 valence electrons. The van der Waals surface area contributed by atoms with Gasteiger partial charge in [-0.25, -0.2) is 0 Å². The van der Waals surface area contributed by atoms with Crippen molar-refractivity contribution >= 4 is 5.91 Å². The van der Waals surface area contributed by atoms with Crippen molar-refractivity contribution in [3.63, 3.8) is 0 Å². The Balaban J connectivity index is 1.61. The number of rotatable bonds is 5. The summed E-state index contributed by atoms with van der Waals surface area (Å²) in [6.07, 6.45) is 1.10. The van der Waals surface area contributed by atoms with Crippen molar-refractivity contribution in [2.75, 3.05) is 21.1 Å². The molecule has 1 aliphatic heterocycles. The quantitative estimate of drug-likeness (QED) is 0.918. The number of nitrogens with zero attached hydrogens (tertiary/aromatic N) is 2. The number of H-pyrrole nitrogens is 1. The summed E-state index contributed by atoms with van der Waals surface area (Å²) in [4.78, 5) is 19.0. The first-order valence-corrected chi connectivity index (χ1v) is 8.30. The molecule has 2 heterocycles. The highest BCUT2D eigenvalue weighted by atomic mass is 16.5. The van der Waals surface area contributed by atoms with Gasteiger partial charge in [-0.05, 0) is 37.7 Å². The fraction of sp³-hybridized carbons (Fsp3) is 0.421. The van der Waals surface area contributed by atoms with Gasteiger partial charge in [-0.2, -0.15) is 0 Å². The summed E-state index contributed by atoms with van der Waals surface area (Å²) in [7, 11) is 5.60. The van der Waals surface area contributed by atoms with Crippen LogP contribution in [-0.4, -0.2) is 54.0 Å². The third kappa shape index (κ3) is 3.31. The predicted molar refractivity (Wildman–Crippen MR) is 94.3 cm³/mol. The molecular formula is C19H25N3O2. The lowest BCUT2D eigenvalue weighted by molar-refractivity contribution is 0.0821. The van der Waals surface area contributed by atoms with Gasteiger partial charge < -0.3 is 14.6 Å². The normalized spacial score (nSPS) is 17.5. The zero-order chi connectivity index (χ0) is 17.3. The van der Waals surface area contributed by atoms with Crippen LogP contribution < -0.4 is 4.74 Å².